The molecule has 0 spiro atoms. The molecule has 0 atom stereocenters. The van der Waals surface area contributed by atoms with E-state index in [0.717, 1.165) is 6.92 Å². The monoisotopic (exact) mass is 282 g/mol. The number of nitrogens with one attached hydrogen (secondary N) is 1. The summed E-state index contributed by atoms with van der Waals surface area (Å²) in [7, 11) is 3.78. The minimum atomic E-state index is -2.91. The van der Waals surface area contributed by atoms with Crippen molar-refractivity contribution in [3.8, 4) is 0 Å². The predicted molar refractivity (Wildman–Crippen MR) is 75.6 cm³/mol. The lowest BCUT2D eigenvalue weighted by molar-refractivity contribution is -0.116. The largest absolute Gasteiger partial charge is 0.348 e. The molecule has 0 saturated carbocycles. The van der Waals surface area contributed by atoms with Gasteiger partial charge in [-0.3, -0.25) is 4.79 Å². The number of hydrogen-bond donors (Lipinski definition) is 1. The minimum absolute atomic E-state index is 0.0578. The maximum atomic E-state index is 13.4. The molecule has 5 heteroatoms. The number of amides is 1. The van der Waals surface area contributed by atoms with Crippen LogP contribution in [0.3, 0.4) is 0 Å². The van der Waals surface area contributed by atoms with Gasteiger partial charge in [0.2, 0.25) is 5.91 Å². The highest BCUT2D eigenvalue weighted by atomic mass is 19.3. The first-order chi connectivity index (χ1) is 9.30. The first-order valence-electron chi connectivity index (χ1n) is 6.36. The van der Waals surface area contributed by atoms with E-state index in [2.05, 4.69) is 5.32 Å². The Morgan fingerprint density at radius 2 is 2.00 bits per heavy atom. The van der Waals surface area contributed by atoms with Crippen LogP contribution in [0, 0.1) is 0 Å². The van der Waals surface area contributed by atoms with E-state index in [0.29, 0.717) is 12.1 Å². The van der Waals surface area contributed by atoms with Crippen molar-refractivity contribution in [1.82, 2.24) is 10.2 Å². The number of carbonyl (C=O) groups is 1. The van der Waals surface area contributed by atoms with E-state index in [4.69, 9.17) is 0 Å². The van der Waals surface area contributed by atoms with Gasteiger partial charge in [0.25, 0.3) is 5.92 Å². The highest BCUT2D eigenvalue weighted by molar-refractivity contribution is 5.87. The van der Waals surface area contributed by atoms with E-state index in [9.17, 15) is 13.6 Å². The van der Waals surface area contributed by atoms with Crippen molar-refractivity contribution in [3.63, 3.8) is 0 Å². The highest BCUT2D eigenvalue weighted by Crippen LogP contribution is 2.29. The van der Waals surface area contributed by atoms with Crippen molar-refractivity contribution in [3.05, 3.63) is 47.5 Å². The maximum absolute atomic E-state index is 13.4. The summed E-state index contributed by atoms with van der Waals surface area (Å²) in [6, 6.07) is 6.22. The van der Waals surface area contributed by atoms with E-state index in [-0.39, 0.29) is 18.0 Å². The van der Waals surface area contributed by atoms with Crippen LogP contribution in [-0.4, -0.2) is 31.4 Å². The van der Waals surface area contributed by atoms with Gasteiger partial charge in [-0.2, -0.15) is 0 Å². The summed E-state index contributed by atoms with van der Waals surface area (Å²) in [5.74, 6) is -3.21. The fourth-order valence-corrected chi connectivity index (χ4v) is 1.71. The summed E-state index contributed by atoms with van der Waals surface area (Å²) >= 11 is 0. The molecule has 3 nitrogen and oxygen atoms in total. The van der Waals surface area contributed by atoms with Crippen molar-refractivity contribution >= 4 is 5.91 Å². The van der Waals surface area contributed by atoms with E-state index < -0.39 is 5.92 Å². The van der Waals surface area contributed by atoms with Gasteiger partial charge >= 0.3 is 0 Å². The molecule has 1 aromatic rings. The summed E-state index contributed by atoms with van der Waals surface area (Å²) in [5, 5.41) is 2.61. The summed E-state index contributed by atoms with van der Waals surface area (Å²) in [5.41, 5.74) is 0.368. The molecule has 0 aliphatic carbocycles. The Morgan fingerprint density at radius 3 is 2.60 bits per heavy atom. The molecule has 1 amide bonds. The molecular formula is C15H20F2N2O. The molecule has 0 radical (unpaired) electrons. The van der Waals surface area contributed by atoms with Crippen molar-refractivity contribution in [2.75, 3.05) is 20.6 Å². The standard InChI is InChI=1S/C15H20F2N2O/c1-15(16,17)13-8-5-4-7-12(13)11-18-14(20)9-6-10-19(2)3/h4-9H,10-11H2,1-3H3,(H,18,20)/b9-6+. The second-order valence-corrected chi connectivity index (χ2v) is 4.93. The lowest BCUT2D eigenvalue weighted by atomic mass is 10.0. The zero-order valence-corrected chi connectivity index (χ0v) is 12.0. The fourth-order valence-electron chi connectivity index (χ4n) is 1.71. The Balaban J connectivity index is 2.62. The molecule has 0 saturated heterocycles. The van der Waals surface area contributed by atoms with Crippen LogP contribution in [0.2, 0.25) is 0 Å². The SMILES string of the molecule is CN(C)C/C=C/C(=O)NCc1ccccc1C(C)(F)F. The molecule has 0 unspecified atom stereocenters. The lowest BCUT2D eigenvalue weighted by Gasteiger charge is -2.15. The van der Waals surface area contributed by atoms with Crippen LogP contribution in [0.25, 0.3) is 0 Å². The lowest BCUT2D eigenvalue weighted by Crippen LogP contribution is -2.23. The summed E-state index contributed by atoms with van der Waals surface area (Å²) < 4.78 is 26.8. The second-order valence-electron chi connectivity index (χ2n) is 4.93. The third-order valence-corrected chi connectivity index (χ3v) is 2.68. The number of likely N-dealkylation sites (N-methyl/N-ethyl adjacent to an activating group) is 1. The second kappa shape index (κ2) is 7.14. The number of carbonyl (C=O) groups excluding carboxylic acids is 1. The minimum Gasteiger partial charge on any atom is -0.348 e. The van der Waals surface area contributed by atoms with Crippen LogP contribution in [0.4, 0.5) is 8.78 Å². The van der Waals surface area contributed by atoms with Gasteiger partial charge in [-0.25, -0.2) is 8.78 Å². The summed E-state index contributed by atoms with van der Waals surface area (Å²) in [4.78, 5) is 13.5. The average molecular weight is 282 g/mol. The van der Waals surface area contributed by atoms with Gasteiger partial charge < -0.3 is 10.2 Å². The molecule has 1 N–H and O–H groups in total. The molecule has 1 rings (SSSR count). The molecule has 0 fully saturated rings. The fraction of sp³-hybridized carbons (Fsp3) is 0.400. The Morgan fingerprint density at radius 1 is 1.35 bits per heavy atom. The number of rotatable bonds is 6. The van der Waals surface area contributed by atoms with E-state index >= 15 is 0 Å². The molecule has 110 valence electrons. The van der Waals surface area contributed by atoms with Gasteiger partial charge in [-0.05, 0) is 19.7 Å². The first-order valence-corrected chi connectivity index (χ1v) is 6.36. The molecule has 1 aromatic carbocycles. The number of hydrogen-bond acceptors (Lipinski definition) is 2. The van der Waals surface area contributed by atoms with Crippen LogP contribution < -0.4 is 5.32 Å². The molecule has 0 aliphatic heterocycles. The third kappa shape index (κ3) is 5.48. The Bertz CT molecular complexity index is 479. The maximum Gasteiger partial charge on any atom is 0.270 e. The Labute approximate surface area is 118 Å². The normalized spacial score (nSPS) is 12.1. The van der Waals surface area contributed by atoms with Crippen molar-refractivity contribution in [1.29, 1.82) is 0 Å². The molecule has 20 heavy (non-hydrogen) atoms. The van der Waals surface area contributed by atoms with Gasteiger partial charge in [0, 0.05) is 31.7 Å². The van der Waals surface area contributed by atoms with Crippen LogP contribution in [0.1, 0.15) is 18.1 Å². The molecular weight excluding hydrogens is 262 g/mol. The van der Waals surface area contributed by atoms with Gasteiger partial charge in [-0.1, -0.05) is 30.3 Å². The zero-order valence-electron chi connectivity index (χ0n) is 12.0. The number of benzene rings is 1. The first kappa shape index (κ1) is 16.3. The van der Waals surface area contributed by atoms with Crippen LogP contribution in [-0.2, 0) is 17.3 Å². The van der Waals surface area contributed by atoms with Crippen molar-refractivity contribution in [2.45, 2.75) is 19.4 Å². The van der Waals surface area contributed by atoms with E-state index in [1.165, 1.54) is 12.1 Å². The molecule has 0 aliphatic rings. The molecule has 0 bridgehead atoms. The van der Waals surface area contributed by atoms with Gasteiger partial charge in [0.05, 0.1) is 0 Å². The van der Waals surface area contributed by atoms with Crippen LogP contribution in [0.15, 0.2) is 36.4 Å². The molecule has 0 aromatic heterocycles. The zero-order chi connectivity index (χ0) is 15.2. The topological polar surface area (TPSA) is 32.3 Å². The van der Waals surface area contributed by atoms with Gasteiger partial charge in [0.15, 0.2) is 0 Å². The smallest absolute Gasteiger partial charge is 0.270 e. The Kier molecular flexibility index (Phi) is 5.82. The van der Waals surface area contributed by atoms with Gasteiger partial charge in [0.1, 0.15) is 0 Å². The average Bonchev–Trinajstić information content (AvgIpc) is 2.35. The number of nitrogens with zero attached hydrogens (tertiary/aromatic N) is 1. The Hall–Kier alpha value is -1.75. The molecule has 0 heterocycles. The van der Waals surface area contributed by atoms with E-state index in [1.807, 2.05) is 19.0 Å². The summed E-state index contributed by atoms with van der Waals surface area (Å²) in [6.07, 6.45) is 3.13. The number of alkyl halides is 2. The third-order valence-electron chi connectivity index (χ3n) is 2.68. The van der Waals surface area contributed by atoms with Crippen LogP contribution in [0.5, 0.6) is 0 Å². The number of halogens is 2. The highest BCUT2D eigenvalue weighted by Gasteiger charge is 2.26. The van der Waals surface area contributed by atoms with Crippen LogP contribution >= 0.6 is 0 Å². The predicted octanol–water partition coefficient (Wildman–Crippen LogP) is 2.53. The van der Waals surface area contributed by atoms with E-state index in [1.54, 1.807) is 24.3 Å². The van der Waals surface area contributed by atoms with Crippen molar-refractivity contribution < 1.29 is 13.6 Å². The van der Waals surface area contributed by atoms with Crippen molar-refractivity contribution in [2.24, 2.45) is 0 Å². The van der Waals surface area contributed by atoms with Gasteiger partial charge in [-0.15, -0.1) is 0 Å². The quantitative estimate of drug-likeness (QED) is 0.813. The summed E-state index contributed by atoms with van der Waals surface area (Å²) in [6.45, 7) is 1.59.